The van der Waals surface area contributed by atoms with Crippen molar-refractivity contribution < 1.29 is 27.4 Å². The first-order chi connectivity index (χ1) is 17.8. The fourth-order valence-corrected chi connectivity index (χ4v) is 5.98. The van der Waals surface area contributed by atoms with E-state index in [1.165, 1.54) is 14.2 Å². The molecule has 1 unspecified atom stereocenters. The van der Waals surface area contributed by atoms with Gasteiger partial charge >= 0.3 is 0 Å². The quantitative estimate of drug-likeness (QED) is 0.446. The summed E-state index contributed by atoms with van der Waals surface area (Å²) in [5.41, 5.74) is 3.38. The fraction of sp³-hybridized carbons (Fsp3) is 0.321. The van der Waals surface area contributed by atoms with Crippen LogP contribution in [0.2, 0.25) is 0 Å². The summed E-state index contributed by atoms with van der Waals surface area (Å²) in [6, 6.07) is 16.9. The standard InChI is InChI=1S/C28H32N2O6S/c1-19-8-12-23(13-9-19)37(32,33)30(21-10-15-26(35-3)27(17-21)36-4)18-28(31)29-25-7-5-6-20-16-22(34-2)11-14-24(20)25/h8-17,25H,5-7,18H2,1-4H3,(H,29,31). The lowest BCUT2D eigenvalue weighted by molar-refractivity contribution is -0.120. The number of anilines is 1. The van der Waals surface area contributed by atoms with Gasteiger partial charge in [-0.1, -0.05) is 23.8 Å². The largest absolute Gasteiger partial charge is 0.497 e. The van der Waals surface area contributed by atoms with Crippen molar-refractivity contribution >= 4 is 21.6 Å². The molecule has 0 radical (unpaired) electrons. The number of carbonyl (C=O) groups is 1. The van der Waals surface area contributed by atoms with Gasteiger partial charge in [0.25, 0.3) is 10.0 Å². The van der Waals surface area contributed by atoms with Crippen molar-refractivity contribution in [3.63, 3.8) is 0 Å². The lowest BCUT2D eigenvalue weighted by Gasteiger charge is -2.29. The smallest absolute Gasteiger partial charge is 0.264 e. The van der Waals surface area contributed by atoms with Gasteiger partial charge in [0.2, 0.25) is 5.91 Å². The van der Waals surface area contributed by atoms with Crippen molar-refractivity contribution in [2.45, 2.75) is 37.1 Å². The van der Waals surface area contributed by atoms with Gasteiger partial charge < -0.3 is 19.5 Å². The fourth-order valence-electron chi connectivity index (χ4n) is 4.57. The molecule has 0 bridgehead atoms. The number of methoxy groups -OCH3 is 3. The van der Waals surface area contributed by atoms with E-state index in [-0.39, 0.29) is 10.9 Å². The van der Waals surface area contributed by atoms with Crippen molar-refractivity contribution in [1.82, 2.24) is 5.32 Å². The average Bonchev–Trinajstić information content (AvgIpc) is 2.91. The molecule has 4 rings (SSSR count). The number of sulfonamides is 1. The van der Waals surface area contributed by atoms with Gasteiger partial charge in [0.1, 0.15) is 12.3 Å². The number of amides is 1. The molecule has 1 aliphatic rings. The maximum atomic E-state index is 13.8. The van der Waals surface area contributed by atoms with E-state index in [9.17, 15) is 13.2 Å². The molecule has 1 atom stereocenters. The first-order valence-electron chi connectivity index (χ1n) is 12.0. The van der Waals surface area contributed by atoms with Gasteiger partial charge in [0.05, 0.1) is 38.0 Å². The van der Waals surface area contributed by atoms with E-state index in [1.54, 1.807) is 49.6 Å². The van der Waals surface area contributed by atoms with Crippen LogP contribution in [0.15, 0.2) is 65.6 Å². The van der Waals surface area contributed by atoms with Crippen molar-refractivity contribution in [1.29, 1.82) is 0 Å². The number of aryl methyl sites for hydroxylation is 2. The van der Waals surface area contributed by atoms with E-state index < -0.39 is 22.5 Å². The van der Waals surface area contributed by atoms with Crippen LogP contribution in [0.4, 0.5) is 5.69 Å². The number of fused-ring (bicyclic) bond motifs is 1. The second-order valence-corrected chi connectivity index (χ2v) is 10.8. The van der Waals surface area contributed by atoms with Crippen LogP contribution in [0.1, 0.15) is 35.6 Å². The van der Waals surface area contributed by atoms with Gasteiger partial charge in [-0.25, -0.2) is 8.42 Å². The molecule has 0 fully saturated rings. The minimum atomic E-state index is -4.06. The number of ether oxygens (including phenoxy) is 3. The highest BCUT2D eigenvalue weighted by Crippen LogP contribution is 2.35. The summed E-state index contributed by atoms with van der Waals surface area (Å²) in [4.78, 5) is 13.4. The molecule has 0 heterocycles. The number of hydrogen-bond acceptors (Lipinski definition) is 6. The second-order valence-electron chi connectivity index (χ2n) is 8.94. The zero-order chi connectivity index (χ0) is 26.6. The van der Waals surface area contributed by atoms with Crippen LogP contribution >= 0.6 is 0 Å². The Labute approximate surface area is 218 Å². The Morgan fingerprint density at radius 2 is 1.68 bits per heavy atom. The minimum Gasteiger partial charge on any atom is -0.497 e. The van der Waals surface area contributed by atoms with Crippen molar-refractivity contribution in [3.05, 3.63) is 77.4 Å². The zero-order valence-electron chi connectivity index (χ0n) is 21.5. The third-order valence-electron chi connectivity index (χ3n) is 6.55. The van der Waals surface area contributed by atoms with Crippen molar-refractivity contribution in [2.75, 3.05) is 32.2 Å². The number of nitrogens with zero attached hydrogens (tertiary/aromatic N) is 1. The van der Waals surface area contributed by atoms with Crippen molar-refractivity contribution in [2.24, 2.45) is 0 Å². The number of hydrogen-bond donors (Lipinski definition) is 1. The Hall–Kier alpha value is -3.72. The maximum Gasteiger partial charge on any atom is 0.264 e. The van der Waals surface area contributed by atoms with Gasteiger partial charge in [-0.2, -0.15) is 0 Å². The highest BCUT2D eigenvalue weighted by Gasteiger charge is 2.30. The van der Waals surface area contributed by atoms with Crippen LogP contribution in [0.3, 0.4) is 0 Å². The Bertz CT molecular complexity index is 1370. The Kier molecular flexibility index (Phi) is 7.92. The summed E-state index contributed by atoms with van der Waals surface area (Å²) in [5.74, 6) is 1.19. The Morgan fingerprint density at radius 1 is 0.946 bits per heavy atom. The van der Waals surface area contributed by atoms with Crippen LogP contribution in [-0.2, 0) is 21.2 Å². The number of rotatable bonds is 9. The molecule has 1 amide bonds. The van der Waals surface area contributed by atoms with Crippen LogP contribution < -0.4 is 23.8 Å². The first-order valence-corrected chi connectivity index (χ1v) is 13.5. The normalized spacial score (nSPS) is 14.9. The molecule has 0 saturated heterocycles. The molecule has 0 saturated carbocycles. The van der Waals surface area contributed by atoms with Gasteiger partial charge in [-0.15, -0.1) is 0 Å². The average molecular weight is 525 g/mol. The molecule has 1 aliphatic carbocycles. The highest BCUT2D eigenvalue weighted by molar-refractivity contribution is 7.92. The lowest BCUT2D eigenvalue weighted by atomic mass is 9.87. The predicted molar refractivity (Wildman–Crippen MR) is 142 cm³/mol. The second kappa shape index (κ2) is 11.1. The van der Waals surface area contributed by atoms with E-state index in [0.29, 0.717) is 17.2 Å². The van der Waals surface area contributed by atoms with E-state index in [0.717, 1.165) is 46.0 Å². The zero-order valence-corrected chi connectivity index (χ0v) is 22.3. The van der Waals surface area contributed by atoms with Gasteiger partial charge in [0.15, 0.2) is 11.5 Å². The Morgan fingerprint density at radius 3 is 2.35 bits per heavy atom. The van der Waals surface area contributed by atoms with E-state index in [2.05, 4.69) is 5.32 Å². The van der Waals surface area contributed by atoms with E-state index >= 15 is 0 Å². The lowest BCUT2D eigenvalue weighted by Crippen LogP contribution is -2.42. The van der Waals surface area contributed by atoms with Gasteiger partial charge in [-0.3, -0.25) is 9.10 Å². The number of carbonyl (C=O) groups excluding carboxylic acids is 1. The summed E-state index contributed by atoms with van der Waals surface area (Å²) in [7, 11) is 0.543. The van der Waals surface area contributed by atoms with Crippen molar-refractivity contribution in [3.8, 4) is 17.2 Å². The molecule has 196 valence electrons. The molecule has 1 N–H and O–H groups in total. The topological polar surface area (TPSA) is 94.2 Å². The third-order valence-corrected chi connectivity index (χ3v) is 8.34. The molecule has 0 aromatic heterocycles. The Balaban J connectivity index is 1.66. The minimum absolute atomic E-state index is 0.0933. The summed E-state index contributed by atoms with van der Waals surface area (Å²) >= 11 is 0. The maximum absolute atomic E-state index is 13.8. The molecule has 37 heavy (non-hydrogen) atoms. The summed E-state index contributed by atoms with van der Waals surface area (Å²) in [6.07, 6.45) is 2.58. The van der Waals surface area contributed by atoms with Crippen LogP contribution in [0.5, 0.6) is 17.2 Å². The molecule has 3 aromatic rings. The number of benzene rings is 3. The highest BCUT2D eigenvalue weighted by atomic mass is 32.2. The van der Waals surface area contributed by atoms with Gasteiger partial charge in [0, 0.05) is 6.07 Å². The molecule has 0 spiro atoms. The van der Waals surface area contributed by atoms with Crippen LogP contribution in [0, 0.1) is 6.92 Å². The molecule has 0 aliphatic heterocycles. The molecule has 3 aromatic carbocycles. The molecule has 8 nitrogen and oxygen atoms in total. The third kappa shape index (κ3) is 5.67. The summed E-state index contributed by atoms with van der Waals surface area (Å²) in [6.45, 7) is 1.49. The first kappa shape index (κ1) is 26.3. The number of nitrogens with one attached hydrogen (secondary N) is 1. The van der Waals surface area contributed by atoms with Crippen LogP contribution in [0.25, 0.3) is 0 Å². The SMILES string of the molecule is COc1ccc2c(c1)CCCC2NC(=O)CN(c1ccc(OC)c(OC)c1)S(=O)(=O)c1ccc(C)cc1. The van der Waals surface area contributed by atoms with E-state index in [1.807, 2.05) is 25.1 Å². The predicted octanol–water partition coefficient (Wildman–Crippen LogP) is 4.41. The summed E-state index contributed by atoms with van der Waals surface area (Å²) < 4.78 is 44.6. The van der Waals surface area contributed by atoms with E-state index in [4.69, 9.17) is 14.2 Å². The molecular formula is C28H32N2O6S. The molecular weight excluding hydrogens is 492 g/mol. The van der Waals surface area contributed by atoms with Crippen LogP contribution in [-0.4, -0.2) is 42.2 Å². The monoisotopic (exact) mass is 524 g/mol. The van der Waals surface area contributed by atoms with Gasteiger partial charge in [-0.05, 0) is 73.7 Å². The summed E-state index contributed by atoms with van der Waals surface area (Å²) in [5, 5.41) is 3.05. The molecule has 9 heteroatoms.